The normalized spacial score (nSPS) is 15.6. The molecular formula is C12H20N4OS. The van der Waals surface area contributed by atoms with Crippen LogP contribution in [0.1, 0.15) is 49.4 Å². The van der Waals surface area contributed by atoms with Crippen LogP contribution in [0.2, 0.25) is 0 Å². The smallest absolute Gasteiger partial charge is 0.143 e. The Morgan fingerprint density at radius 3 is 2.83 bits per heavy atom. The maximum Gasteiger partial charge on any atom is 0.143 e. The van der Waals surface area contributed by atoms with Crippen molar-refractivity contribution >= 4 is 17.2 Å². The van der Waals surface area contributed by atoms with E-state index in [-0.39, 0.29) is 0 Å². The summed E-state index contributed by atoms with van der Waals surface area (Å²) in [6, 6.07) is 0. The van der Waals surface area contributed by atoms with E-state index >= 15 is 0 Å². The Morgan fingerprint density at radius 2 is 2.28 bits per heavy atom. The molecule has 0 radical (unpaired) electrons. The predicted octanol–water partition coefficient (Wildman–Crippen LogP) is 1.61. The maximum atomic E-state index is 5.72. The molecule has 1 aromatic heterocycles. The van der Waals surface area contributed by atoms with E-state index in [1.807, 2.05) is 4.68 Å². The zero-order chi connectivity index (χ0) is 13.0. The number of rotatable bonds is 7. The molecule has 0 spiro atoms. The van der Waals surface area contributed by atoms with Crippen molar-refractivity contribution in [2.24, 2.45) is 5.73 Å². The summed E-state index contributed by atoms with van der Waals surface area (Å²) in [5, 5.41) is 8.33. The Balaban J connectivity index is 2.06. The maximum absolute atomic E-state index is 5.72. The Hall–Kier alpha value is -1.01. The van der Waals surface area contributed by atoms with Crippen molar-refractivity contribution in [1.82, 2.24) is 15.0 Å². The van der Waals surface area contributed by atoms with Crippen molar-refractivity contribution in [3.8, 4) is 0 Å². The second-order valence-electron chi connectivity index (χ2n) is 4.74. The molecule has 1 heterocycles. The largest absolute Gasteiger partial charge is 0.388 e. The molecular weight excluding hydrogens is 248 g/mol. The lowest BCUT2D eigenvalue weighted by atomic mass is 9.82. The van der Waals surface area contributed by atoms with Crippen molar-refractivity contribution in [2.75, 3.05) is 13.7 Å². The standard InChI is InChI=1S/C12H20N4OS/c1-17-8-3-2-7-16-11(9-5-4-6-9)10(12(13)18)14-15-16/h9H,2-8H2,1H3,(H2,13,18). The van der Waals surface area contributed by atoms with E-state index in [1.54, 1.807) is 7.11 Å². The van der Waals surface area contributed by atoms with Gasteiger partial charge in [0, 0.05) is 26.2 Å². The molecule has 2 rings (SSSR count). The first-order valence-electron chi connectivity index (χ1n) is 6.46. The Bertz CT molecular complexity index is 414. The average Bonchev–Trinajstić information content (AvgIpc) is 2.66. The van der Waals surface area contributed by atoms with Gasteiger partial charge in [-0.05, 0) is 25.7 Å². The van der Waals surface area contributed by atoms with E-state index in [1.165, 1.54) is 19.3 Å². The number of aryl methyl sites for hydroxylation is 1. The number of aromatic nitrogens is 3. The third-order valence-corrected chi connectivity index (χ3v) is 3.66. The van der Waals surface area contributed by atoms with Gasteiger partial charge in [-0.2, -0.15) is 0 Å². The minimum absolute atomic E-state index is 0.361. The number of hydrogen-bond acceptors (Lipinski definition) is 4. The van der Waals surface area contributed by atoms with Crippen LogP contribution in [0.3, 0.4) is 0 Å². The van der Waals surface area contributed by atoms with Crippen molar-refractivity contribution < 1.29 is 4.74 Å². The van der Waals surface area contributed by atoms with Gasteiger partial charge in [0.15, 0.2) is 0 Å². The fourth-order valence-electron chi connectivity index (χ4n) is 2.25. The highest BCUT2D eigenvalue weighted by Crippen LogP contribution is 2.37. The molecule has 1 aromatic rings. The van der Waals surface area contributed by atoms with Crippen LogP contribution in [0.4, 0.5) is 0 Å². The van der Waals surface area contributed by atoms with E-state index in [9.17, 15) is 0 Å². The summed E-state index contributed by atoms with van der Waals surface area (Å²) in [5.41, 5.74) is 7.58. The van der Waals surface area contributed by atoms with Gasteiger partial charge < -0.3 is 10.5 Å². The Morgan fingerprint density at radius 1 is 1.50 bits per heavy atom. The van der Waals surface area contributed by atoms with Gasteiger partial charge in [0.25, 0.3) is 0 Å². The molecule has 0 amide bonds. The molecule has 1 fully saturated rings. The summed E-state index contributed by atoms with van der Waals surface area (Å²) >= 11 is 5.05. The number of ether oxygens (including phenoxy) is 1. The summed E-state index contributed by atoms with van der Waals surface area (Å²) in [5.74, 6) is 0.541. The van der Waals surface area contributed by atoms with Gasteiger partial charge in [-0.1, -0.05) is 23.9 Å². The number of hydrogen-bond donors (Lipinski definition) is 1. The third-order valence-electron chi connectivity index (χ3n) is 3.47. The molecule has 0 saturated heterocycles. The molecule has 2 N–H and O–H groups in total. The van der Waals surface area contributed by atoms with Crippen molar-refractivity contribution in [3.63, 3.8) is 0 Å². The summed E-state index contributed by atoms with van der Waals surface area (Å²) in [7, 11) is 1.72. The highest BCUT2D eigenvalue weighted by atomic mass is 32.1. The number of nitrogens with zero attached hydrogens (tertiary/aromatic N) is 3. The molecule has 1 aliphatic carbocycles. The zero-order valence-corrected chi connectivity index (χ0v) is 11.6. The SMILES string of the molecule is COCCCCn1nnc(C(N)=S)c1C1CCC1. The minimum atomic E-state index is 0.361. The quantitative estimate of drug-likeness (QED) is 0.601. The van der Waals surface area contributed by atoms with Crippen molar-refractivity contribution in [3.05, 3.63) is 11.4 Å². The average molecular weight is 268 g/mol. The van der Waals surface area contributed by atoms with Crippen LogP contribution in [-0.4, -0.2) is 33.7 Å². The number of thiocarbonyl (C=S) groups is 1. The lowest BCUT2D eigenvalue weighted by Gasteiger charge is -2.26. The van der Waals surface area contributed by atoms with Crippen molar-refractivity contribution in [2.45, 2.75) is 44.6 Å². The molecule has 0 unspecified atom stereocenters. The molecule has 18 heavy (non-hydrogen) atoms. The summed E-state index contributed by atoms with van der Waals surface area (Å²) in [6.45, 7) is 1.65. The van der Waals surface area contributed by atoms with Crippen LogP contribution >= 0.6 is 12.2 Å². The fraction of sp³-hybridized carbons (Fsp3) is 0.750. The van der Waals surface area contributed by atoms with Crippen molar-refractivity contribution in [1.29, 1.82) is 0 Å². The lowest BCUT2D eigenvalue weighted by Crippen LogP contribution is -2.21. The molecule has 1 aliphatic rings. The highest BCUT2D eigenvalue weighted by Gasteiger charge is 2.28. The second-order valence-corrected chi connectivity index (χ2v) is 5.18. The number of methoxy groups -OCH3 is 1. The van der Waals surface area contributed by atoms with Gasteiger partial charge in [-0.3, -0.25) is 0 Å². The van der Waals surface area contributed by atoms with Crippen LogP contribution in [0.15, 0.2) is 0 Å². The summed E-state index contributed by atoms with van der Waals surface area (Å²) < 4.78 is 7.03. The summed E-state index contributed by atoms with van der Waals surface area (Å²) in [4.78, 5) is 0.361. The molecule has 0 atom stereocenters. The first kappa shape index (κ1) is 13.4. The number of nitrogens with two attached hydrogens (primary N) is 1. The second kappa shape index (κ2) is 6.24. The van der Waals surface area contributed by atoms with Gasteiger partial charge in [0.05, 0.1) is 5.69 Å². The van der Waals surface area contributed by atoms with Crippen LogP contribution in [0, 0.1) is 0 Å². The van der Waals surface area contributed by atoms with Gasteiger partial charge >= 0.3 is 0 Å². The first-order chi connectivity index (χ1) is 8.74. The first-order valence-corrected chi connectivity index (χ1v) is 6.87. The Kier molecular flexibility index (Phi) is 4.66. The van der Waals surface area contributed by atoms with Crippen LogP contribution < -0.4 is 5.73 Å². The van der Waals surface area contributed by atoms with Gasteiger partial charge in [0.2, 0.25) is 0 Å². The molecule has 0 bridgehead atoms. The molecule has 100 valence electrons. The molecule has 5 nitrogen and oxygen atoms in total. The lowest BCUT2D eigenvalue weighted by molar-refractivity contribution is 0.190. The van der Waals surface area contributed by atoms with E-state index in [4.69, 9.17) is 22.7 Å². The zero-order valence-electron chi connectivity index (χ0n) is 10.8. The minimum Gasteiger partial charge on any atom is -0.388 e. The van der Waals surface area contributed by atoms with E-state index in [0.29, 0.717) is 10.9 Å². The van der Waals surface area contributed by atoms with Gasteiger partial charge in [-0.25, -0.2) is 4.68 Å². The van der Waals surface area contributed by atoms with Crippen LogP contribution in [0.25, 0.3) is 0 Å². The Labute approximate surface area is 113 Å². The van der Waals surface area contributed by atoms with E-state index in [0.717, 1.165) is 37.4 Å². The number of unbranched alkanes of at least 4 members (excludes halogenated alkanes) is 1. The third kappa shape index (κ3) is 2.87. The molecule has 0 aromatic carbocycles. The van der Waals surface area contributed by atoms with Crippen LogP contribution in [0.5, 0.6) is 0 Å². The molecule has 1 saturated carbocycles. The monoisotopic (exact) mass is 268 g/mol. The van der Waals surface area contributed by atoms with Gasteiger partial charge in [0.1, 0.15) is 10.7 Å². The van der Waals surface area contributed by atoms with E-state index in [2.05, 4.69) is 10.3 Å². The predicted molar refractivity (Wildman–Crippen MR) is 73.6 cm³/mol. The topological polar surface area (TPSA) is 66.0 Å². The molecule has 6 heteroatoms. The fourth-order valence-corrected chi connectivity index (χ4v) is 2.40. The summed E-state index contributed by atoms with van der Waals surface area (Å²) in [6.07, 6.45) is 5.73. The van der Waals surface area contributed by atoms with E-state index < -0.39 is 0 Å². The molecule has 0 aliphatic heterocycles. The van der Waals surface area contributed by atoms with Gasteiger partial charge in [-0.15, -0.1) is 5.10 Å². The highest BCUT2D eigenvalue weighted by molar-refractivity contribution is 7.80. The van der Waals surface area contributed by atoms with Crippen LogP contribution in [-0.2, 0) is 11.3 Å².